The van der Waals surface area contributed by atoms with Gasteiger partial charge in [0.05, 0.1) is 11.4 Å². The molecular weight excluding hydrogens is 378 g/mol. The highest BCUT2D eigenvalue weighted by atomic mass is 16.4. The number of hydrogen-bond donors (Lipinski definition) is 0. The van der Waals surface area contributed by atoms with Crippen molar-refractivity contribution in [2.24, 2.45) is 0 Å². The molecule has 0 bridgehead atoms. The number of benzene rings is 1. The smallest absolute Gasteiger partial charge is 0.268 e. The minimum atomic E-state index is -0.145. The largest absolute Gasteiger partial charge is 0.420 e. The Morgan fingerprint density at radius 3 is 2.20 bits per heavy atom. The molecule has 0 N–H and O–H groups in total. The SMILES string of the molecule is CCCN(CCC)C(=O)c1ccc(-n2nc(-c3nnc(C)o3)cc2C(C)(C)C)cc1. The maximum Gasteiger partial charge on any atom is 0.268 e. The van der Waals surface area contributed by atoms with Gasteiger partial charge in [0, 0.05) is 31.0 Å². The van der Waals surface area contributed by atoms with Crippen LogP contribution in [0.5, 0.6) is 0 Å². The van der Waals surface area contributed by atoms with Crippen LogP contribution in [0.15, 0.2) is 34.7 Å². The molecule has 30 heavy (non-hydrogen) atoms. The van der Waals surface area contributed by atoms with E-state index in [1.165, 1.54) is 0 Å². The van der Waals surface area contributed by atoms with Gasteiger partial charge < -0.3 is 9.32 Å². The Hall–Kier alpha value is -2.96. The summed E-state index contributed by atoms with van der Waals surface area (Å²) in [5.41, 5.74) is 3.09. The zero-order valence-electron chi connectivity index (χ0n) is 18.8. The van der Waals surface area contributed by atoms with E-state index >= 15 is 0 Å². The highest BCUT2D eigenvalue weighted by molar-refractivity contribution is 5.94. The van der Waals surface area contributed by atoms with Gasteiger partial charge >= 0.3 is 0 Å². The summed E-state index contributed by atoms with van der Waals surface area (Å²) in [6.45, 7) is 13.9. The van der Waals surface area contributed by atoms with Crippen molar-refractivity contribution in [3.8, 4) is 17.3 Å². The van der Waals surface area contributed by atoms with Crippen molar-refractivity contribution in [2.45, 2.75) is 59.8 Å². The maximum atomic E-state index is 12.9. The van der Waals surface area contributed by atoms with Gasteiger partial charge in [-0.2, -0.15) is 5.10 Å². The number of aryl methyl sites for hydroxylation is 1. The molecule has 0 unspecified atom stereocenters. The van der Waals surface area contributed by atoms with Crippen molar-refractivity contribution < 1.29 is 9.21 Å². The van der Waals surface area contributed by atoms with Crippen LogP contribution in [0.25, 0.3) is 17.3 Å². The molecule has 0 radical (unpaired) electrons. The zero-order valence-corrected chi connectivity index (χ0v) is 18.8. The second-order valence-corrected chi connectivity index (χ2v) is 8.54. The highest BCUT2D eigenvalue weighted by Gasteiger charge is 2.24. The fraction of sp³-hybridized carbons (Fsp3) is 0.478. The Labute approximate surface area is 178 Å². The molecule has 0 aliphatic rings. The van der Waals surface area contributed by atoms with Crippen LogP contribution in [0.2, 0.25) is 0 Å². The van der Waals surface area contributed by atoms with Gasteiger partial charge in [0.25, 0.3) is 11.8 Å². The number of carbonyl (C=O) groups is 1. The Balaban J connectivity index is 1.95. The fourth-order valence-corrected chi connectivity index (χ4v) is 3.40. The molecular formula is C23H31N5O2. The molecule has 2 heterocycles. The summed E-state index contributed by atoms with van der Waals surface area (Å²) in [6, 6.07) is 9.61. The van der Waals surface area contributed by atoms with E-state index in [-0.39, 0.29) is 11.3 Å². The van der Waals surface area contributed by atoms with Gasteiger partial charge in [-0.15, -0.1) is 10.2 Å². The summed E-state index contributed by atoms with van der Waals surface area (Å²) in [4.78, 5) is 14.8. The van der Waals surface area contributed by atoms with E-state index in [2.05, 4.69) is 44.8 Å². The lowest BCUT2D eigenvalue weighted by atomic mass is 9.91. The van der Waals surface area contributed by atoms with Crippen molar-refractivity contribution in [3.63, 3.8) is 0 Å². The number of aromatic nitrogens is 4. The molecule has 3 rings (SSSR count). The van der Waals surface area contributed by atoms with Gasteiger partial charge in [-0.1, -0.05) is 34.6 Å². The molecule has 0 atom stereocenters. The summed E-state index contributed by atoms with van der Waals surface area (Å²) in [5.74, 6) is 0.977. The van der Waals surface area contributed by atoms with Crippen LogP contribution in [0.4, 0.5) is 0 Å². The van der Waals surface area contributed by atoms with Gasteiger partial charge in [0.2, 0.25) is 5.89 Å². The van der Waals surface area contributed by atoms with E-state index in [0.717, 1.165) is 37.3 Å². The average Bonchev–Trinajstić information content (AvgIpc) is 3.34. The summed E-state index contributed by atoms with van der Waals surface area (Å²) in [7, 11) is 0. The second-order valence-electron chi connectivity index (χ2n) is 8.54. The Kier molecular flexibility index (Phi) is 6.39. The average molecular weight is 410 g/mol. The fourth-order valence-electron chi connectivity index (χ4n) is 3.40. The molecule has 3 aromatic rings. The quantitative estimate of drug-likeness (QED) is 0.561. The minimum Gasteiger partial charge on any atom is -0.420 e. The van der Waals surface area contributed by atoms with Gasteiger partial charge in [-0.05, 0) is 43.2 Å². The third kappa shape index (κ3) is 4.61. The Morgan fingerprint density at radius 1 is 1.07 bits per heavy atom. The summed E-state index contributed by atoms with van der Waals surface area (Å²) in [5, 5.41) is 12.7. The van der Waals surface area contributed by atoms with E-state index in [4.69, 9.17) is 9.52 Å². The third-order valence-electron chi connectivity index (χ3n) is 4.86. The van der Waals surface area contributed by atoms with E-state index in [0.29, 0.717) is 23.0 Å². The van der Waals surface area contributed by atoms with Crippen LogP contribution < -0.4 is 0 Å². The normalized spacial score (nSPS) is 11.7. The molecule has 0 saturated carbocycles. The summed E-state index contributed by atoms with van der Waals surface area (Å²) < 4.78 is 7.45. The molecule has 1 aromatic carbocycles. The molecule has 0 fully saturated rings. The summed E-state index contributed by atoms with van der Waals surface area (Å²) in [6.07, 6.45) is 1.90. The van der Waals surface area contributed by atoms with Crippen molar-refractivity contribution in [1.82, 2.24) is 24.9 Å². The number of hydrogen-bond acceptors (Lipinski definition) is 5. The molecule has 2 aromatic heterocycles. The van der Waals surface area contributed by atoms with Gasteiger partial charge in [-0.25, -0.2) is 4.68 Å². The molecule has 1 amide bonds. The third-order valence-corrected chi connectivity index (χ3v) is 4.86. The van der Waals surface area contributed by atoms with Gasteiger partial charge in [0.15, 0.2) is 0 Å². The minimum absolute atomic E-state index is 0.0729. The predicted molar refractivity (Wildman–Crippen MR) is 117 cm³/mol. The molecule has 7 nitrogen and oxygen atoms in total. The van der Waals surface area contributed by atoms with Crippen molar-refractivity contribution in [1.29, 1.82) is 0 Å². The monoisotopic (exact) mass is 409 g/mol. The van der Waals surface area contributed by atoms with Gasteiger partial charge in [0.1, 0.15) is 5.69 Å². The lowest BCUT2D eigenvalue weighted by molar-refractivity contribution is 0.0755. The van der Waals surface area contributed by atoms with E-state index < -0.39 is 0 Å². The van der Waals surface area contributed by atoms with Crippen LogP contribution in [0.3, 0.4) is 0 Å². The van der Waals surface area contributed by atoms with E-state index in [1.807, 2.05) is 39.9 Å². The molecule has 0 saturated heterocycles. The predicted octanol–water partition coefficient (Wildman–Crippen LogP) is 4.79. The maximum absolute atomic E-state index is 12.9. The van der Waals surface area contributed by atoms with E-state index in [9.17, 15) is 4.79 Å². The number of carbonyl (C=O) groups excluding carboxylic acids is 1. The van der Waals surface area contributed by atoms with E-state index in [1.54, 1.807) is 6.92 Å². The van der Waals surface area contributed by atoms with Crippen LogP contribution in [-0.4, -0.2) is 43.9 Å². The lowest BCUT2D eigenvalue weighted by Gasteiger charge is -2.22. The van der Waals surface area contributed by atoms with Crippen molar-refractivity contribution >= 4 is 5.91 Å². The molecule has 0 spiro atoms. The number of amides is 1. The number of rotatable bonds is 7. The molecule has 7 heteroatoms. The lowest BCUT2D eigenvalue weighted by Crippen LogP contribution is -2.32. The van der Waals surface area contributed by atoms with Crippen LogP contribution in [0, 0.1) is 6.92 Å². The topological polar surface area (TPSA) is 77.1 Å². The first-order chi connectivity index (χ1) is 14.2. The van der Waals surface area contributed by atoms with Crippen LogP contribution in [0.1, 0.15) is 69.4 Å². The molecule has 0 aliphatic heterocycles. The first kappa shape index (κ1) is 21.7. The zero-order chi connectivity index (χ0) is 21.9. The van der Waals surface area contributed by atoms with Crippen molar-refractivity contribution in [2.75, 3.05) is 13.1 Å². The standard InChI is InChI=1S/C23H31N5O2/c1-7-13-27(14-8-2)22(29)17-9-11-18(12-10-17)28-20(23(4,5)6)15-19(26-28)21-25-24-16(3)30-21/h9-12,15H,7-8,13-14H2,1-6H3. The van der Waals surface area contributed by atoms with Crippen molar-refractivity contribution in [3.05, 3.63) is 47.5 Å². The van der Waals surface area contributed by atoms with Crippen LogP contribution >= 0.6 is 0 Å². The highest BCUT2D eigenvalue weighted by Crippen LogP contribution is 2.29. The van der Waals surface area contributed by atoms with Gasteiger partial charge in [-0.3, -0.25) is 4.79 Å². The first-order valence-electron chi connectivity index (χ1n) is 10.5. The first-order valence-corrected chi connectivity index (χ1v) is 10.5. The number of nitrogens with zero attached hydrogens (tertiary/aromatic N) is 5. The van der Waals surface area contributed by atoms with Crippen LogP contribution in [-0.2, 0) is 5.41 Å². The molecule has 160 valence electrons. The Bertz CT molecular complexity index is 990. The Morgan fingerprint density at radius 2 is 1.70 bits per heavy atom. The molecule has 0 aliphatic carbocycles. The summed E-state index contributed by atoms with van der Waals surface area (Å²) >= 11 is 0. The second kappa shape index (κ2) is 8.81.